The van der Waals surface area contributed by atoms with Crippen molar-refractivity contribution >= 4 is 20.9 Å². The van der Waals surface area contributed by atoms with Gasteiger partial charge >= 0.3 is 0 Å². The van der Waals surface area contributed by atoms with Gasteiger partial charge in [0.15, 0.2) is 0 Å². The molecule has 0 unspecified atom stereocenters. The van der Waals surface area contributed by atoms with Crippen molar-refractivity contribution in [2.24, 2.45) is 5.73 Å². The number of benzene rings is 2. The average Bonchev–Trinajstić information content (AvgIpc) is 3.30. The molecule has 140 valence electrons. The van der Waals surface area contributed by atoms with Crippen molar-refractivity contribution in [3.63, 3.8) is 0 Å². The minimum Gasteiger partial charge on any atom is -0.324 e. The Hall–Kier alpha value is -3.03. The predicted octanol–water partition coefficient (Wildman–Crippen LogP) is 3.28. The van der Waals surface area contributed by atoms with E-state index in [1.54, 1.807) is 48.9 Å². The summed E-state index contributed by atoms with van der Waals surface area (Å²) >= 11 is 0. The van der Waals surface area contributed by atoms with Crippen molar-refractivity contribution in [3.05, 3.63) is 78.2 Å². The molecule has 0 bridgehead atoms. The van der Waals surface area contributed by atoms with E-state index >= 15 is 0 Å². The van der Waals surface area contributed by atoms with Crippen LogP contribution >= 0.6 is 0 Å². The van der Waals surface area contributed by atoms with Gasteiger partial charge in [-0.05, 0) is 48.2 Å². The molecule has 0 fully saturated rings. The lowest BCUT2D eigenvalue weighted by Crippen LogP contribution is -2.14. The Balaban J connectivity index is 1.87. The highest BCUT2D eigenvalue weighted by Gasteiger charge is 2.28. The molecule has 4 aromatic rings. The third-order valence-electron chi connectivity index (χ3n) is 5.30. The first-order chi connectivity index (χ1) is 13.6. The van der Waals surface area contributed by atoms with Gasteiger partial charge in [-0.3, -0.25) is 9.97 Å². The molecule has 7 heteroatoms. The smallest absolute Gasteiger partial charge is 0.268 e. The fourth-order valence-electron chi connectivity index (χ4n) is 3.98. The Morgan fingerprint density at radius 2 is 1.89 bits per heavy atom. The summed E-state index contributed by atoms with van der Waals surface area (Å²) in [6.07, 6.45) is 6.41. The zero-order valence-electron chi connectivity index (χ0n) is 15.0. The molecule has 1 aliphatic carbocycles. The SMILES string of the molecule is N[C@@H]1CCc2c1ccc1c2cc(-c2cnccn2)n1S(=O)(=O)c1ccccc1. The zero-order chi connectivity index (χ0) is 19.3. The Morgan fingerprint density at radius 1 is 1.07 bits per heavy atom. The van der Waals surface area contributed by atoms with Gasteiger partial charge in [0.1, 0.15) is 5.69 Å². The van der Waals surface area contributed by atoms with Crippen LogP contribution in [0, 0.1) is 0 Å². The third kappa shape index (κ3) is 2.47. The van der Waals surface area contributed by atoms with Crippen molar-refractivity contribution in [2.75, 3.05) is 0 Å². The van der Waals surface area contributed by atoms with Gasteiger partial charge in [-0.2, -0.15) is 0 Å². The highest BCUT2D eigenvalue weighted by atomic mass is 32.2. The summed E-state index contributed by atoms with van der Waals surface area (Å²) in [5.74, 6) is 0. The van der Waals surface area contributed by atoms with E-state index in [4.69, 9.17) is 5.73 Å². The van der Waals surface area contributed by atoms with Crippen LogP contribution < -0.4 is 5.73 Å². The van der Waals surface area contributed by atoms with Gasteiger partial charge < -0.3 is 5.73 Å². The molecule has 2 heterocycles. The molecule has 0 saturated carbocycles. The van der Waals surface area contributed by atoms with Crippen LogP contribution in [-0.2, 0) is 16.4 Å². The molecule has 0 aliphatic heterocycles. The van der Waals surface area contributed by atoms with Gasteiger partial charge in [0.25, 0.3) is 10.0 Å². The third-order valence-corrected chi connectivity index (χ3v) is 7.04. The molecule has 1 aliphatic rings. The van der Waals surface area contributed by atoms with Crippen LogP contribution in [0.1, 0.15) is 23.6 Å². The highest BCUT2D eigenvalue weighted by molar-refractivity contribution is 7.90. The Morgan fingerprint density at radius 3 is 2.64 bits per heavy atom. The lowest BCUT2D eigenvalue weighted by Gasteiger charge is -2.12. The van der Waals surface area contributed by atoms with E-state index in [-0.39, 0.29) is 10.9 Å². The van der Waals surface area contributed by atoms with Crippen molar-refractivity contribution in [3.8, 4) is 11.4 Å². The van der Waals surface area contributed by atoms with Crippen molar-refractivity contribution in [1.82, 2.24) is 13.9 Å². The van der Waals surface area contributed by atoms with Crippen molar-refractivity contribution < 1.29 is 8.42 Å². The Labute approximate surface area is 162 Å². The van der Waals surface area contributed by atoms with Crippen LogP contribution in [0.25, 0.3) is 22.3 Å². The van der Waals surface area contributed by atoms with Crippen LogP contribution in [0.3, 0.4) is 0 Å². The van der Waals surface area contributed by atoms with Crippen molar-refractivity contribution in [1.29, 1.82) is 0 Å². The fraction of sp³-hybridized carbons (Fsp3) is 0.143. The van der Waals surface area contributed by atoms with E-state index in [1.807, 2.05) is 18.2 Å². The molecular weight excluding hydrogens is 372 g/mol. The summed E-state index contributed by atoms with van der Waals surface area (Å²) in [4.78, 5) is 8.70. The predicted molar refractivity (Wildman–Crippen MR) is 107 cm³/mol. The first-order valence-electron chi connectivity index (χ1n) is 9.07. The second-order valence-electron chi connectivity index (χ2n) is 6.91. The van der Waals surface area contributed by atoms with Gasteiger partial charge in [0.2, 0.25) is 0 Å². The molecule has 2 aromatic carbocycles. The second kappa shape index (κ2) is 6.25. The number of rotatable bonds is 3. The van der Waals surface area contributed by atoms with Crippen LogP contribution in [-0.4, -0.2) is 22.4 Å². The normalized spacial score (nSPS) is 16.4. The van der Waals surface area contributed by atoms with E-state index in [2.05, 4.69) is 9.97 Å². The van der Waals surface area contributed by atoms with Gasteiger partial charge in [-0.1, -0.05) is 24.3 Å². The molecule has 0 amide bonds. The topological polar surface area (TPSA) is 90.9 Å². The van der Waals surface area contributed by atoms with Crippen molar-refractivity contribution in [2.45, 2.75) is 23.8 Å². The molecule has 5 rings (SSSR count). The maximum atomic E-state index is 13.6. The first kappa shape index (κ1) is 17.1. The van der Waals surface area contributed by atoms with E-state index in [9.17, 15) is 8.42 Å². The standard InChI is InChI=1S/C21H18N4O2S/c22-18-8-6-15-16(18)7-9-20-17(15)12-21(19-13-23-10-11-24-19)25(20)28(26,27)14-4-2-1-3-5-14/h1-5,7,9-13,18H,6,8,22H2/t18-/m1/s1. The zero-order valence-corrected chi connectivity index (χ0v) is 15.8. The fourth-order valence-corrected chi connectivity index (χ4v) is 5.52. The number of nitrogens with two attached hydrogens (primary N) is 1. The van der Waals surface area contributed by atoms with Crippen LogP contribution in [0.15, 0.2) is 72.0 Å². The maximum Gasteiger partial charge on any atom is 0.268 e. The largest absolute Gasteiger partial charge is 0.324 e. The minimum absolute atomic E-state index is 0.00607. The summed E-state index contributed by atoms with van der Waals surface area (Å²) in [5, 5.41) is 0.908. The van der Waals surface area contributed by atoms with Gasteiger partial charge in [0.05, 0.1) is 22.3 Å². The summed E-state index contributed by atoms with van der Waals surface area (Å²) in [5.41, 5.74) is 10.1. The maximum absolute atomic E-state index is 13.6. The van der Waals surface area contributed by atoms with Gasteiger partial charge in [-0.25, -0.2) is 12.4 Å². The molecule has 28 heavy (non-hydrogen) atoms. The second-order valence-corrected chi connectivity index (χ2v) is 8.70. The van der Waals surface area contributed by atoms with E-state index in [0.717, 1.165) is 29.4 Å². The van der Waals surface area contributed by atoms with Crippen LogP contribution in [0.2, 0.25) is 0 Å². The molecule has 0 spiro atoms. The Bertz CT molecular complexity index is 1280. The average molecular weight is 390 g/mol. The summed E-state index contributed by atoms with van der Waals surface area (Å²) in [6.45, 7) is 0. The molecular formula is C21H18N4O2S. The molecule has 0 saturated heterocycles. The molecule has 0 radical (unpaired) electrons. The van der Waals surface area contributed by atoms with E-state index in [1.165, 1.54) is 3.97 Å². The monoisotopic (exact) mass is 390 g/mol. The van der Waals surface area contributed by atoms with Gasteiger partial charge in [0, 0.05) is 23.8 Å². The highest BCUT2D eigenvalue weighted by Crippen LogP contribution is 2.39. The summed E-state index contributed by atoms with van der Waals surface area (Å²) < 4.78 is 28.5. The summed E-state index contributed by atoms with van der Waals surface area (Å²) in [6, 6.07) is 14.1. The first-order valence-corrected chi connectivity index (χ1v) is 10.5. The number of aromatic nitrogens is 3. The quantitative estimate of drug-likeness (QED) is 0.580. The number of fused-ring (bicyclic) bond motifs is 3. The lowest BCUT2D eigenvalue weighted by atomic mass is 10.0. The molecule has 2 aromatic heterocycles. The number of hydrogen-bond donors (Lipinski definition) is 1. The minimum atomic E-state index is -3.81. The molecule has 1 atom stereocenters. The van der Waals surface area contributed by atoms with Crippen LogP contribution in [0.5, 0.6) is 0 Å². The van der Waals surface area contributed by atoms with Crippen LogP contribution in [0.4, 0.5) is 0 Å². The number of hydrogen-bond acceptors (Lipinski definition) is 5. The molecule has 6 nitrogen and oxygen atoms in total. The van der Waals surface area contributed by atoms with E-state index < -0.39 is 10.0 Å². The van der Waals surface area contributed by atoms with Gasteiger partial charge in [-0.15, -0.1) is 0 Å². The Kier molecular flexibility index (Phi) is 3.82. The number of nitrogens with zero attached hydrogens (tertiary/aromatic N) is 3. The summed E-state index contributed by atoms with van der Waals surface area (Å²) in [7, 11) is -3.81. The van der Waals surface area contributed by atoms with E-state index in [0.29, 0.717) is 16.9 Å². The number of aryl methyl sites for hydroxylation is 1. The molecule has 2 N–H and O–H groups in total. The lowest BCUT2D eigenvalue weighted by molar-refractivity contribution is 0.589.